The first-order chi connectivity index (χ1) is 17.6. The van der Waals surface area contributed by atoms with E-state index in [1.165, 1.54) is 17.3 Å². The molecule has 1 amide bonds. The van der Waals surface area contributed by atoms with Gasteiger partial charge >= 0.3 is 6.09 Å². The number of benzene rings is 2. The number of aliphatic hydroxyl groups is 1. The maximum Gasteiger partial charge on any atom is 0.413 e. The number of amides is 1. The van der Waals surface area contributed by atoms with Crippen LogP contribution >= 0.6 is 0 Å². The fraction of sp³-hybridized carbons (Fsp3) is 0.357. The molecule has 8 nitrogen and oxygen atoms in total. The summed E-state index contributed by atoms with van der Waals surface area (Å²) in [7, 11) is 1.69. The Labute approximate surface area is 211 Å². The number of aromatic nitrogens is 1. The number of aliphatic hydroxyl groups excluding tert-OH is 1. The third kappa shape index (κ3) is 7.69. The zero-order chi connectivity index (χ0) is 25.2. The van der Waals surface area contributed by atoms with Gasteiger partial charge in [-0.2, -0.15) is 0 Å². The van der Waals surface area contributed by atoms with Crippen molar-refractivity contribution in [3.05, 3.63) is 83.6 Å². The van der Waals surface area contributed by atoms with E-state index in [0.717, 1.165) is 37.0 Å². The number of fused-ring (bicyclic) bond motifs is 1. The molecule has 4 rings (SSSR count). The van der Waals surface area contributed by atoms with Crippen molar-refractivity contribution in [2.24, 2.45) is 0 Å². The quantitative estimate of drug-likeness (QED) is 0.367. The van der Waals surface area contributed by atoms with E-state index in [-0.39, 0.29) is 13.2 Å². The van der Waals surface area contributed by atoms with E-state index in [9.17, 15) is 9.90 Å². The highest BCUT2D eigenvalue weighted by atomic mass is 16.5. The van der Waals surface area contributed by atoms with Gasteiger partial charge in [-0.1, -0.05) is 36.4 Å². The number of methoxy groups -OCH3 is 1. The highest BCUT2D eigenvalue weighted by molar-refractivity contribution is 5.83. The van der Waals surface area contributed by atoms with Gasteiger partial charge in [0.15, 0.2) is 0 Å². The fourth-order valence-corrected chi connectivity index (χ4v) is 4.20. The molecule has 0 aliphatic heterocycles. The number of pyridine rings is 1. The van der Waals surface area contributed by atoms with Gasteiger partial charge in [-0.15, -0.1) is 0 Å². The third-order valence-electron chi connectivity index (χ3n) is 6.14. The molecule has 1 unspecified atom stereocenters. The van der Waals surface area contributed by atoms with Gasteiger partial charge < -0.3 is 24.6 Å². The molecular weight excluding hydrogens is 458 g/mol. The highest BCUT2D eigenvalue weighted by Gasteiger charge is 2.18. The minimum atomic E-state index is -0.663. The number of aryl methyl sites for hydroxylation is 1. The second-order valence-electron chi connectivity index (χ2n) is 8.87. The number of nitrogens with zero attached hydrogens (tertiary/aromatic N) is 1. The molecule has 2 aromatic carbocycles. The Morgan fingerprint density at radius 3 is 2.72 bits per heavy atom. The van der Waals surface area contributed by atoms with Crippen LogP contribution in [0.5, 0.6) is 11.5 Å². The van der Waals surface area contributed by atoms with E-state index in [1.807, 2.05) is 36.4 Å². The first-order valence-corrected chi connectivity index (χ1v) is 12.2. The Balaban J connectivity index is 1.17. The first-order valence-electron chi connectivity index (χ1n) is 12.2. The molecule has 36 heavy (non-hydrogen) atoms. The summed E-state index contributed by atoms with van der Waals surface area (Å²) < 4.78 is 16.2. The minimum Gasteiger partial charge on any atom is -0.497 e. The Kier molecular flexibility index (Phi) is 9.13. The lowest BCUT2D eigenvalue weighted by atomic mass is 10.0. The molecule has 0 fully saturated rings. The predicted molar refractivity (Wildman–Crippen MR) is 137 cm³/mol. The van der Waals surface area contributed by atoms with Gasteiger partial charge in [-0.25, -0.2) is 9.78 Å². The molecule has 2 atom stereocenters. The molecule has 0 bridgehead atoms. The zero-order valence-electron chi connectivity index (χ0n) is 20.5. The monoisotopic (exact) mass is 491 g/mol. The van der Waals surface area contributed by atoms with E-state index < -0.39 is 12.2 Å². The van der Waals surface area contributed by atoms with E-state index in [4.69, 9.17) is 14.2 Å². The van der Waals surface area contributed by atoms with Crippen molar-refractivity contribution in [3.63, 3.8) is 0 Å². The summed E-state index contributed by atoms with van der Waals surface area (Å²) in [6.07, 6.45) is 4.39. The summed E-state index contributed by atoms with van der Waals surface area (Å²) in [5, 5.41) is 16.5. The van der Waals surface area contributed by atoms with E-state index in [0.29, 0.717) is 24.2 Å². The van der Waals surface area contributed by atoms with Gasteiger partial charge in [0.1, 0.15) is 36.6 Å². The normalized spacial score (nSPS) is 15.8. The molecule has 0 radical (unpaired) electrons. The van der Waals surface area contributed by atoms with Crippen molar-refractivity contribution in [3.8, 4) is 11.5 Å². The molecule has 0 spiro atoms. The number of anilines is 1. The lowest BCUT2D eigenvalue weighted by Gasteiger charge is -2.20. The number of hydrogen-bond donors (Lipinski definition) is 3. The molecule has 1 aromatic heterocycles. The molecular formula is C28H33N3O5. The van der Waals surface area contributed by atoms with Gasteiger partial charge in [-0.3, -0.25) is 5.32 Å². The van der Waals surface area contributed by atoms with Crippen molar-refractivity contribution in [1.29, 1.82) is 0 Å². The molecule has 3 aromatic rings. The summed E-state index contributed by atoms with van der Waals surface area (Å²) in [4.78, 5) is 16.1. The molecule has 0 saturated carbocycles. The smallest absolute Gasteiger partial charge is 0.413 e. The maximum atomic E-state index is 12.0. The summed E-state index contributed by atoms with van der Waals surface area (Å²) >= 11 is 0. The number of rotatable bonds is 10. The number of carbonyl (C=O) groups is 1. The highest BCUT2D eigenvalue weighted by Crippen LogP contribution is 2.25. The standard InChI is InChI=1S/C28H33N3O5/c1-34-25-11-10-21-8-5-9-23(14-22(21)15-25)29-16-24(32)19-35-26-12-13-27(30-17-26)31-28(33)36-18-20-6-3-2-4-7-20/h2-4,6-7,10-13,15,17,23-24,29,32H,5,8-9,14,16,18-19H2,1H3,(H,30,31,33)/t23?,24-/m0/s1. The molecule has 0 saturated heterocycles. The molecule has 1 aliphatic rings. The van der Waals surface area contributed by atoms with Crippen molar-refractivity contribution in [2.75, 3.05) is 25.6 Å². The number of carbonyl (C=O) groups excluding carboxylic acids is 1. The van der Waals surface area contributed by atoms with Crippen molar-refractivity contribution in [1.82, 2.24) is 10.3 Å². The van der Waals surface area contributed by atoms with Crippen LogP contribution < -0.4 is 20.1 Å². The van der Waals surface area contributed by atoms with Crippen molar-refractivity contribution < 1.29 is 24.1 Å². The Morgan fingerprint density at radius 1 is 1.11 bits per heavy atom. The molecule has 3 N–H and O–H groups in total. The van der Waals surface area contributed by atoms with Crippen LogP contribution in [0.1, 0.15) is 29.5 Å². The third-order valence-corrected chi connectivity index (χ3v) is 6.14. The Hall–Kier alpha value is -3.62. The summed E-state index contributed by atoms with van der Waals surface area (Å²) in [6.45, 7) is 0.753. The van der Waals surface area contributed by atoms with Gasteiger partial charge in [-0.05, 0) is 66.6 Å². The van der Waals surface area contributed by atoms with Crippen LogP contribution in [0.3, 0.4) is 0 Å². The van der Waals surface area contributed by atoms with Crippen LogP contribution in [0.25, 0.3) is 0 Å². The number of hydrogen-bond acceptors (Lipinski definition) is 7. The largest absolute Gasteiger partial charge is 0.497 e. The van der Waals surface area contributed by atoms with E-state index in [2.05, 4.69) is 27.8 Å². The van der Waals surface area contributed by atoms with E-state index >= 15 is 0 Å². The summed E-state index contributed by atoms with van der Waals surface area (Å²) in [5.74, 6) is 1.74. The van der Waals surface area contributed by atoms with Crippen LogP contribution in [-0.2, 0) is 24.2 Å². The average Bonchev–Trinajstić information content (AvgIpc) is 3.12. The second-order valence-corrected chi connectivity index (χ2v) is 8.87. The lowest BCUT2D eigenvalue weighted by Crippen LogP contribution is -2.39. The maximum absolute atomic E-state index is 12.0. The average molecular weight is 492 g/mol. The SMILES string of the molecule is COc1ccc2c(c1)CC(NC[C@H](O)COc1ccc(NC(=O)OCc3ccccc3)nc1)CCC2. The van der Waals surface area contributed by atoms with Crippen LogP contribution in [0, 0.1) is 0 Å². The Morgan fingerprint density at radius 2 is 1.94 bits per heavy atom. The minimum absolute atomic E-state index is 0.137. The van der Waals surface area contributed by atoms with Gasteiger partial charge in [0.25, 0.3) is 0 Å². The second kappa shape index (κ2) is 12.9. The fourth-order valence-electron chi connectivity index (χ4n) is 4.20. The van der Waals surface area contributed by atoms with Crippen molar-refractivity contribution in [2.45, 2.75) is 44.4 Å². The Bertz CT molecular complexity index is 1110. The van der Waals surface area contributed by atoms with Gasteiger partial charge in [0, 0.05) is 12.6 Å². The van der Waals surface area contributed by atoms with Crippen LogP contribution in [0.2, 0.25) is 0 Å². The topological polar surface area (TPSA) is 102 Å². The van der Waals surface area contributed by atoms with Crippen LogP contribution in [0.4, 0.5) is 10.6 Å². The first kappa shape index (κ1) is 25.5. The van der Waals surface area contributed by atoms with Crippen LogP contribution in [0.15, 0.2) is 66.9 Å². The molecule has 1 heterocycles. The zero-order valence-corrected chi connectivity index (χ0v) is 20.5. The predicted octanol–water partition coefficient (Wildman–Crippen LogP) is 4.12. The van der Waals surface area contributed by atoms with Gasteiger partial charge in [0.2, 0.25) is 0 Å². The molecule has 1 aliphatic carbocycles. The lowest BCUT2D eigenvalue weighted by molar-refractivity contribution is 0.103. The molecule has 190 valence electrons. The molecule has 8 heteroatoms. The number of ether oxygens (including phenoxy) is 3. The van der Waals surface area contributed by atoms with Crippen LogP contribution in [-0.4, -0.2) is 48.6 Å². The number of nitrogens with one attached hydrogen (secondary N) is 2. The van der Waals surface area contributed by atoms with Crippen molar-refractivity contribution >= 4 is 11.9 Å². The van der Waals surface area contributed by atoms with Gasteiger partial charge in [0.05, 0.1) is 13.3 Å². The summed E-state index contributed by atoms with van der Waals surface area (Å²) in [5.41, 5.74) is 3.58. The van der Waals surface area contributed by atoms with E-state index in [1.54, 1.807) is 19.2 Å². The summed E-state index contributed by atoms with van der Waals surface area (Å²) in [6, 6.07) is 19.3.